The SMILES string of the molecule is Cc1n[nH]c(C)c1C(=O)Nc1cc(Cl)ncn1. The van der Waals surface area contributed by atoms with Crippen molar-refractivity contribution in [3.8, 4) is 0 Å². The van der Waals surface area contributed by atoms with Crippen molar-refractivity contribution in [2.24, 2.45) is 0 Å². The van der Waals surface area contributed by atoms with Gasteiger partial charge in [0.25, 0.3) is 5.91 Å². The van der Waals surface area contributed by atoms with Crippen LogP contribution in [0.3, 0.4) is 0 Å². The molecule has 2 aromatic heterocycles. The predicted molar refractivity (Wildman–Crippen MR) is 63.1 cm³/mol. The fourth-order valence-corrected chi connectivity index (χ4v) is 1.61. The first-order valence-electron chi connectivity index (χ1n) is 4.88. The number of aryl methyl sites for hydroxylation is 2. The van der Waals surface area contributed by atoms with Crippen molar-refractivity contribution in [1.29, 1.82) is 0 Å². The van der Waals surface area contributed by atoms with Gasteiger partial charge in [-0.05, 0) is 13.8 Å². The Hall–Kier alpha value is -1.95. The molecule has 0 saturated carbocycles. The number of H-pyrrole nitrogens is 1. The number of hydrogen-bond donors (Lipinski definition) is 2. The molecule has 0 aliphatic heterocycles. The summed E-state index contributed by atoms with van der Waals surface area (Å²) in [5, 5.41) is 9.60. The molecule has 0 aromatic carbocycles. The smallest absolute Gasteiger partial charge is 0.260 e. The molecule has 0 fully saturated rings. The van der Waals surface area contributed by atoms with E-state index in [2.05, 4.69) is 25.5 Å². The highest BCUT2D eigenvalue weighted by Gasteiger charge is 2.15. The summed E-state index contributed by atoms with van der Waals surface area (Å²) in [6.45, 7) is 3.53. The van der Waals surface area contributed by atoms with Crippen molar-refractivity contribution < 1.29 is 4.79 Å². The highest BCUT2D eigenvalue weighted by molar-refractivity contribution is 6.29. The van der Waals surface area contributed by atoms with Gasteiger partial charge in [-0.2, -0.15) is 5.10 Å². The van der Waals surface area contributed by atoms with E-state index in [1.165, 1.54) is 12.4 Å². The van der Waals surface area contributed by atoms with Crippen LogP contribution in [0, 0.1) is 13.8 Å². The fraction of sp³-hybridized carbons (Fsp3) is 0.200. The van der Waals surface area contributed by atoms with Crippen LogP contribution in [0.4, 0.5) is 5.82 Å². The van der Waals surface area contributed by atoms with Crippen molar-refractivity contribution >= 4 is 23.3 Å². The third-order valence-electron chi connectivity index (χ3n) is 2.23. The second kappa shape index (κ2) is 4.50. The molecule has 7 heteroatoms. The maximum atomic E-state index is 12.0. The van der Waals surface area contributed by atoms with Gasteiger partial charge in [-0.1, -0.05) is 11.6 Å². The molecular formula is C10H10ClN5O. The third-order valence-corrected chi connectivity index (χ3v) is 2.44. The quantitative estimate of drug-likeness (QED) is 0.796. The van der Waals surface area contributed by atoms with Crippen molar-refractivity contribution in [2.75, 3.05) is 5.32 Å². The zero-order valence-corrected chi connectivity index (χ0v) is 10.0. The molecule has 0 radical (unpaired) electrons. The van der Waals surface area contributed by atoms with Gasteiger partial charge in [0.05, 0.1) is 11.3 Å². The summed E-state index contributed by atoms with van der Waals surface area (Å²) in [6.07, 6.45) is 1.28. The molecule has 0 bridgehead atoms. The maximum absolute atomic E-state index is 12.0. The molecule has 2 aromatic rings. The van der Waals surface area contributed by atoms with Gasteiger partial charge in [-0.15, -0.1) is 0 Å². The van der Waals surface area contributed by atoms with E-state index in [0.29, 0.717) is 22.8 Å². The minimum absolute atomic E-state index is 0.274. The number of amides is 1. The molecule has 0 unspecified atom stereocenters. The number of carbonyl (C=O) groups excluding carboxylic acids is 1. The first kappa shape index (κ1) is 11.5. The lowest BCUT2D eigenvalue weighted by Gasteiger charge is -2.03. The van der Waals surface area contributed by atoms with Crippen LogP contribution in [-0.4, -0.2) is 26.1 Å². The zero-order chi connectivity index (χ0) is 12.4. The largest absolute Gasteiger partial charge is 0.306 e. The van der Waals surface area contributed by atoms with E-state index in [1.807, 2.05) is 0 Å². The van der Waals surface area contributed by atoms with Gasteiger partial charge in [-0.25, -0.2) is 9.97 Å². The molecule has 2 N–H and O–H groups in total. The minimum atomic E-state index is -0.275. The van der Waals surface area contributed by atoms with Crippen LogP contribution in [0.1, 0.15) is 21.7 Å². The van der Waals surface area contributed by atoms with Crippen LogP contribution >= 0.6 is 11.6 Å². The lowest BCUT2D eigenvalue weighted by molar-refractivity contribution is 0.102. The van der Waals surface area contributed by atoms with E-state index in [4.69, 9.17) is 11.6 Å². The Balaban J connectivity index is 2.23. The fourth-order valence-electron chi connectivity index (χ4n) is 1.47. The summed E-state index contributed by atoms with van der Waals surface area (Å²) in [5.41, 5.74) is 1.86. The Labute approximate surface area is 102 Å². The molecule has 1 amide bonds. The van der Waals surface area contributed by atoms with Crippen molar-refractivity contribution in [3.05, 3.63) is 34.5 Å². The third kappa shape index (κ3) is 2.42. The average molecular weight is 252 g/mol. The van der Waals surface area contributed by atoms with Gasteiger partial charge in [-0.3, -0.25) is 9.89 Å². The number of nitrogens with zero attached hydrogens (tertiary/aromatic N) is 3. The Bertz CT molecular complexity index is 546. The molecule has 0 saturated heterocycles. The number of rotatable bonds is 2. The zero-order valence-electron chi connectivity index (χ0n) is 9.28. The summed E-state index contributed by atoms with van der Waals surface area (Å²) < 4.78 is 0. The number of halogens is 1. The molecule has 0 atom stereocenters. The van der Waals surface area contributed by atoms with Gasteiger partial charge in [0.15, 0.2) is 0 Å². The van der Waals surface area contributed by atoms with E-state index < -0.39 is 0 Å². The number of aromatic amines is 1. The van der Waals surface area contributed by atoms with E-state index in [0.717, 1.165) is 0 Å². The standard InChI is InChI=1S/C10H10ClN5O/c1-5-9(6(2)16-15-5)10(17)14-8-3-7(11)12-4-13-8/h3-4H,1-2H3,(H,15,16)(H,12,13,14,17). The average Bonchev–Trinajstić information content (AvgIpc) is 2.58. The van der Waals surface area contributed by atoms with Gasteiger partial charge in [0, 0.05) is 11.8 Å². The normalized spacial score (nSPS) is 10.3. The van der Waals surface area contributed by atoms with Crippen molar-refractivity contribution in [3.63, 3.8) is 0 Å². The van der Waals surface area contributed by atoms with E-state index >= 15 is 0 Å². The highest BCUT2D eigenvalue weighted by atomic mass is 35.5. The topological polar surface area (TPSA) is 83.6 Å². The Morgan fingerprint density at radius 2 is 2.18 bits per heavy atom. The lowest BCUT2D eigenvalue weighted by atomic mass is 10.2. The monoisotopic (exact) mass is 251 g/mol. The number of carbonyl (C=O) groups is 1. The molecule has 0 spiro atoms. The second-order valence-corrected chi connectivity index (χ2v) is 3.88. The Morgan fingerprint density at radius 3 is 2.76 bits per heavy atom. The molecule has 2 heterocycles. The first-order chi connectivity index (χ1) is 8.08. The molecule has 6 nitrogen and oxygen atoms in total. The molecule has 0 aliphatic rings. The first-order valence-corrected chi connectivity index (χ1v) is 5.26. The van der Waals surface area contributed by atoms with Crippen LogP contribution in [0.15, 0.2) is 12.4 Å². The molecule has 2 rings (SSSR count). The van der Waals surface area contributed by atoms with Crippen LogP contribution in [0.25, 0.3) is 0 Å². The van der Waals surface area contributed by atoms with Crippen molar-refractivity contribution in [2.45, 2.75) is 13.8 Å². The molecule has 0 aliphatic carbocycles. The summed E-state index contributed by atoms with van der Waals surface area (Å²) in [7, 11) is 0. The Morgan fingerprint density at radius 1 is 1.41 bits per heavy atom. The van der Waals surface area contributed by atoms with E-state index in [9.17, 15) is 4.79 Å². The van der Waals surface area contributed by atoms with Crippen molar-refractivity contribution in [1.82, 2.24) is 20.2 Å². The van der Waals surface area contributed by atoms with Gasteiger partial charge >= 0.3 is 0 Å². The predicted octanol–water partition coefficient (Wildman–Crippen LogP) is 1.72. The number of anilines is 1. The summed E-state index contributed by atoms with van der Waals surface area (Å²) in [4.78, 5) is 19.6. The summed E-state index contributed by atoms with van der Waals surface area (Å²) >= 11 is 5.69. The molecule has 17 heavy (non-hydrogen) atoms. The van der Waals surface area contributed by atoms with E-state index in [1.54, 1.807) is 13.8 Å². The summed E-state index contributed by atoms with van der Waals surface area (Å²) in [5.74, 6) is 0.0820. The molecule has 88 valence electrons. The van der Waals surface area contributed by atoms with Crippen LogP contribution in [0.5, 0.6) is 0 Å². The van der Waals surface area contributed by atoms with Gasteiger partial charge in [0.2, 0.25) is 0 Å². The highest BCUT2D eigenvalue weighted by Crippen LogP contribution is 2.13. The molecular weight excluding hydrogens is 242 g/mol. The van der Waals surface area contributed by atoms with Crippen LogP contribution in [0.2, 0.25) is 5.15 Å². The number of aromatic nitrogens is 4. The number of hydrogen-bond acceptors (Lipinski definition) is 4. The second-order valence-electron chi connectivity index (χ2n) is 3.49. The van der Waals surface area contributed by atoms with Crippen LogP contribution < -0.4 is 5.32 Å². The maximum Gasteiger partial charge on any atom is 0.260 e. The van der Waals surface area contributed by atoms with Gasteiger partial charge < -0.3 is 5.32 Å². The number of nitrogens with one attached hydrogen (secondary N) is 2. The minimum Gasteiger partial charge on any atom is -0.306 e. The van der Waals surface area contributed by atoms with E-state index in [-0.39, 0.29) is 11.1 Å². The van der Waals surface area contributed by atoms with Gasteiger partial charge in [0.1, 0.15) is 17.3 Å². The summed E-state index contributed by atoms with van der Waals surface area (Å²) in [6, 6.07) is 1.48. The lowest BCUT2D eigenvalue weighted by Crippen LogP contribution is -2.14. The van der Waals surface area contributed by atoms with Crippen LogP contribution in [-0.2, 0) is 0 Å². The Kier molecular flexibility index (Phi) is 3.06.